The van der Waals surface area contributed by atoms with Crippen LogP contribution >= 0.6 is 0 Å². The second-order valence-electron chi connectivity index (χ2n) is 5.20. The van der Waals surface area contributed by atoms with Crippen LogP contribution in [0.3, 0.4) is 0 Å². The van der Waals surface area contributed by atoms with Crippen molar-refractivity contribution in [3.63, 3.8) is 0 Å². The Labute approximate surface area is 117 Å². The lowest BCUT2D eigenvalue weighted by atomic mass is 9.96. The molecule has 0 radical (unpaired) electrons. The third-order valence-corrected chi connectivity index (χ3v) is 5.00. The number of aromatic nitrogens is 4. The van der Waals surface area contributed by atoms with Crippen molar-refractivity contribution in [2.45, 2.75) is 18.8 Å². The Hall–Kier alpha value is -1.54. The molecule has 2 aromatic rings. The van der Waals surface area contributed by atoms with Crippen molar-refractivity contribution >= 4 is 21.2 Å². The van der Waals surface area contributed by atoms with E-state index in [1.807, 2.05) is 7.05 Å². The van der Waals surface area contributed by atoms with Crippen molar-refractivity contribution in [1.29, 1.82) is 0 Å². The molecule has 1 aliphatic rings. The molecular formula is C12H17N5O2S. The fourth-order valence-corrected chi connectivity index (χ4v) is 3.66. The van der Waals surface area contributed by atoms with Gasteiger partial charge in [0.2, 0.25) is 10.0 Å². The number of hydrogen-bond acceptors (Lipinski definition) is 5. The molecule has 1 fully saturated rings. The maximum absolute atomic E-state index is 11.7. The standard InChI is InChI=1S/C12H17N5O2S/c1-16-12-11(13-5-6-14-12)10(15-16)9-4-3-7-17(8-9)20(2,18)19/h5-6,9H,3-4,7-8H2,1-2H3/t9-/m0/s1. The SMILES string of the molecule is Cn1nc([C@H]2CCCN(S(C)(=O)=O)C2)c2nccnc21. The number of fused-ring (bicyclic) bond motifs is 1. The van der Waals surface area contributed by atoms with Gasteiger partial charge in [0, 0.05) is 38.4 Å². The maximum Gasteiger partial charge on any atom is 0.211 e. The molecule has 3 heterocycles. The first-order valence-electron chi connectivity index (χ1n) is 6.55. The number of aryl methyl sites for hydroxylation is 1. The van der Waals surface area contributed by atoms with Crippen molar-refractivity contribution in [1.82, 2.24) is 24.1 Å². The summed E-state index contributed by atoms with van der Waals surface area (Å²) >= 11 is 0. The molecule has 0 saturated carbocycles. The molecule has 0 amide bonds. The molecule has 1 aliphatic heterocycles. The zero-order chi connectivity index (χ0) is 14.3. The first-order valence-corrected chi connectivity index (χ1v) is 8.40. The molecule has 1 saturated heterocycles. The van der Waals surface area contributed by atoms with Crippen molar-refractivity contribution in [2.75, 3.05) is 19.3 Å². The highest BCUT2D eigenvalue weighted by Gasteiger charge is 2.30. The zero-order valence-electron chi connectivity index (χ0n) is 11.5. The van der Waals surface area contributed by atoms with Gasteiger partial charge in [-0.3, -0.25) is 0 Å². The molecule has 0 bridgehead atoms. The van der Waals surface area contributed by atoms with Crippen molar-refractivity contribution in [2.24, 2.45) is 7.05 Å². The normalized spacial score (nSPS) is 21.4. The number of hydrogen-bond donors (Lipinski definition) is 0. The zero-order valence-corrected chi connectivity index (χ0v) is 12.3. The van der Waals surface area contributed by atoms with Gasteiger partial charge in [0.05, 0.1) is 11.9 Å². The Kier molecular flexibility index (Phi) is 3.21. The Morgan fingerprint density at radius 2 is 2.05 bits per heavy atom. The predicted octanol–water partition coefficient (Wildman–Crippen LogP) is 0.502. The van der Waals surface area contributed by atoms with Crippen LogP contribution < -0.4 is 0 Å². The van der Waals surface area contributed by atoms with E-state index >= 15 is 0 Å². The third-order valence-electron chi connectivity index (χ3n) is 3.73. The van der Waals surface area contributed by atoms with Gasteiger partial charge in [0.25, 0.3) is 0 Å². The Morgan fingerprint density at radius 1 is 1.30 bits per heavy atom. The number of piperidine rings is 1. The van der Waals surface area contributed by atoms with Crippen LogP contribution in [0.4, 0.5) is 0 Å². The van der Waals surface area contributed by atoms with E-state index < -0.39 is 10.0 Å². The van der Waals surface area contributed by atoms with Crippen LogP contribution in [0, 0.1) is 0 Å². The second kappa shape index (κ2) is 4.78. The van der Waals surface area contributed by atoms with Crippen LogP contribution in [0.25, 0.3) is 11.2 Å². The minimum atomic E-state index is -3.15. The van der Waals surface area contributed by atoms with E-state index in [1.54, 1.807) is 17.1 Å². The van der Waals surface area contributed by atoms with E-state index in [0.29, 0.717) is 13.1 Å². The first kappa shape index (κ1) is 13.4. The monoisotopic (exact) mass is 295 g/mol. The van der Waals surface area contributed by atoms with Gasteiger partial charge in [0.1, 0.15) is 5.52 Å². The smallest absolute Gasteiger partial charge is 0.211 e. The van der Waals surface area contributed by atoms with Gasteiger partial charge in [-0.1, -0.05) is 0 Å². The topological polar surface area (TPSA) is 81.0 Å². The van der Waals surface area contributed by atoms with Crippen LogP contribution in [0.2, 0.25) is 0 Å². The largest absolute Gasteiger partial charge is 0.249 e. The first-order chi connectivity index (χ1) is 9.47. The van der Waals surface area contributed by atoms with E-state index in [0.717, 1.165) is 29.7 Å². The Morgan fingerprint density at radius 3 is 2.80 bits per heavy atom. The Bertz CT molecular complexity index is 739. The fraction of sp³-hybridized carbons (Fsp3) is 0.583. The van der Waals surface area contributed by atoms with Crippen molar-refractivity contribution in [3.8, 4) is 0 Å². The van der Waals surface area contributed by atoms with Gasteiger partial charge < -0.3 is 0 Å². The van der Waals surface area contributed by atoms with Gasteiger partial charge in [0.15, 0.2) is 5.65 Å². The highest BCUT2D eigenvalue weighted by molar-refractivity contribution is 7.88. The van der Waals surface area contributed by atoms with Crippen LogP contribution in [0.15, 0.2) is 12.4 Å². The molecule has 2 aromatic heterocycles. The fourth-order valence-electron chi connectivity index (χ4n) is 2.75. The third kappa shape index (κ3) is 2.29. The summed E-state index contributed by atoms with van der Waals surface area (Å²) < 4.78 is 26.6. The summed E-state index contributed by atoms with van der Waals surface area (Å²) in [6.07, 6.45) is 6.30. The number of sulfonamides is 1. The highest BCUT2D eigenvalue weighted by atomic mass is 32.2. The molecule has 0 N–H and O–H groups in total. The molecule has 1 atom stereocenters. The van der Waals surface area contributed by atoms with Gasteiger partial charge in [-0.2, -0.15) is 5.10 Å². The average Bonchev–Trinajstić information content (AvgIpc) is 2.76. The second-order valence-corrected chi connectivity index (χ2v) is 7.18. The number of rotatable bonds is 2. The maximum atomic E-state index is 11.7. The lowest BCUT2D eigenvalue weighted by Crippen LogP contribution is -2.38. The molecule has 0 unspecified atom stereocenters. The predicted molar refractivity (Wildman–Crippen MR) is 74.7 cm³/mol. The lowest BCUT2D eigenvalue weighted by Gasteiger charge is -2.29. The number of nitrogens with zero attached hydrogens (tertiary/aromatic N) is 5. The summed E-state index contributed by atoms with van der Waals surface area (Å²) in [5.74, 6) is 0.0823. The Balaban J connectivity index is 1.99. The van der Waals surface area contributed by atoms with Crippen molar-refractivity contribution < 1.29 is 8.42 Å². The summed E-state index contributed by atoms with van der Waals surface area (Å²) in [6, 6.07) is 0. The van der Waals surface area contributed by atoms with E-state index in [4.69, 9.17) is 0 Å². The summed E-state index contributed by atoms with van der Waals surface area (Å²) in [5.41, 5.74) is 2.36. The van der Waals surface area contributed by atoms with Gasteiger partial charge in [-0.25, -0.2) is 27.4 Å². The highest BCUT2D eigenvalue weighted by Crippen LogP contribution is 2.30. The molecule has 0 aliphatic carbocycles. The summed E-state index contributed by atoms with van der Waals surface area (Å²) in [7, 11) is -1.32. The molecule has 3 rings (SSSR count). The minimum absolute atomic E-state index is 0.0823. The van der Waals surface area contributed by atoms with Gasteiger partial charge in [-0.15, -0.1) is 0 Å². The molecule has 0 aromatic carbocycles. The van der Waals surface area contributed by atoms with E-state index in [2.05, 4.69) is 15.1 Å². The van der Waals surface area contributed by atoms with Crippen molar-refractivity contribution in [3.05, 3.63) is 18.1 Å². The van der Waals surface area contributed by atoms with Crippen LogP contribution in [0.5, 0.6) is 0 Å². The van der Waals surface area contributed by atoms with Crippen LogP contribution in [-0.4, -0.2) is 51.8 Å². The minimum Gasteiger partial charge on any atom is -0.249 e. The average molecular weight is 295 g/mol. The van der Waals surface area contributed by atoms with Gasteiger partial charge in [-0.05, 0) is 12.8 Å². The molecule has 7 nitrogen and oxygen atoms in total. The molecule has 8 heteroatoms. The lowest BCUT2D eigenvalue weighted by molar-refractivity contribution is 0.314. The van der Waals surface area contributed by atoms with E-state index in [9.17, 15) is 8.42 Å². The van der Waals surface area contributed by atoms with Gasteiger partial charge >= 0.3 is 0 Å². The molecule has 20 heavy (non-hydrogen) atoms. The van der Waals surface area contributed by atoms with E-state index in [1.165, 1.54) is 10.6 Å². The summed E-state index contributed by atoms with van der Waals surface area (Å²) in [5, 5.41) is 4.50. The van der Waals surface area contributed by atoms with Crippen LogP contribution in [-0.2, 0) is 17.1 Å². The van der Waals surface area contributed by atoms with Crippen LogP contribution in [0.1, 0.15) is 24.5 Å². The molecule has 108 valence electrons. The summed E-state index contributed by atoms with van der Waals surface area (Å²) in [6.45, 7) is 1.06. The molecule has 0 spiro atoms. The summed E-state index contributed by atoms with van der Waals surface area (Å²) in [4.78, 5) is 8.62. The quantitative estimate of drug-likeness (QED) is 0.806. The van der Waals surface area contributed by atoms with E-state index in [-0.39, 0.29) is 5.92 Å². The molecular weight excluding hydrogens is 278 g/mol.